The number of aldehydes is 1. The van der Waals surface area contributed by atoms with E-state index in [9.17, 15) is 13.6 Å². The first-order valence-electron chi connectivity index (χ1n) is 10.7. The SMILES string of the molecule is CN(C)C1C[C@H](c2c(C=O)cccc2OC(F)F)n2c1nc1ccc(C#Cc3cn[nH]c3)cc12. The quantitative estimate of drug-likeness (QED) is 0.357. The Labute approximate surface area is 194 Å². The van der Waals surface area contributed by atoms with Crippen molar-refractivity contribution in [3.05, 3.63) is 76.9 Å². The van der Waals surface area contributed by atoms with Gasteiger partial charge in [0.15, 0.2) is 6.29 Å². The number of hydrogen-bond acceptors (Lipinski definition) is 5. The molecule has 0 fully saturated rings. The number of carbonyl (C=O) groups is 1. The Kier molecular flexibility index (Phi) is 5.59. The molecule has 1 aliphatic rings. The van der Waals surface area contributed by atoms with E-state index >= 15 is 0 Å². The number of carbonyl (C=O) groups excluding carboxylic acids is 1. The molecule has 9 heteroatoms. The van der Waals surface area contributed by atoms with Crippen LogP contribution in [0.25, 0.3) is 11.0 Å². The van der Waals surface area contributed by atoms with Crippen LogP contribution in [0, 0.1) is 11.8 Å². The number of H-pyrrole nitrogens is 1. The first-order valence-corrected chi connectivity index (χ1v) is 10.7. The standard InChI is InChI=1S/C25H21F2N5O2/c1-31(2)21-11-20(23-17(14-33)4-3-5-22(23)34-25(26)27)32-19-10-15(6-7-16-12-28-29-13-16)8-9-18(19)30-24(21)32/h3-5,8-10,12-14,20-21,25H,11H2,1-2H3,(H,28,29)/t20-,21?/m1/s1. The second-order valence-electron chi connectivity index (χ2n) is 8.27. The van der Waals surface area contributed by atoms with Gasteiger partial charge in [-0.3, -0.25) is 14.8 Å². The molecule has 7 nitrogen and oxygen atoms in total. The number of benzene rings is 2. The Morgan fingerprint density at radius 3 is 2.76 bits per heavy atom. The number of imidazole rings is 1. The Morgan fingerprint density at radius 1 is 1.24 bits per heavy atom. The molecule has 2 aromatic heterocycles. The lowest BCUT2D eigenvalue weighted by molar-refractivity contribution is -0.0507. The lowest BCUT2D eigenvalue weighted by Gasteiger charge is -2.22. The van der Waals surface area contributed by atoms with E-state index in [4.69, 9.17) is 9.72 Å². The number of nitrogens with one attached hydrogen (secondary N) is 1. The van der Waals surface area contributed by atoms with Crippen LogP contribution in [0.15, 0.2) is 48.8 Å². The molecule has 0 radical (unpaired) electrons. The third kappa shape index (κ3) is 3.82. The Morgan fingerprint density at radius 2 is 2.06 bits per heavy atom. The van der Waals surface area contributed by atoms with Gasteiger partial charge in [0.1, 0.15) is 11.6 Å². The zero-order chi connectivity index (χ0) is 23.8. The number of fused-ring (bicyclic) bond motifs is 3. The predicted octanol–water partition coefficient (Wildman–Crippen LogP) is 4.17. The summed E-state index contributed by atoms with van der Waals surface area (Å²) in [6.07, 6.45) is 4.58. The van der Waals surface area contributed by atoms with E-state index in [-0.39, 0.29) is 11.8 Å². The average molecular weight is 461 g/mol. The van der Waals surface area contributed by atoms with Gasteiger partial charge in [0.25, 0.3) is 0 Å². The fourth-order valence-corrected chi connectivity index (χ4v) is 4.55. The van der Waals surface area contributed by atoms with Crippen molar-refractivity contribution in [3.63, 3.8) is 0 Å². The van der Waals surface area contributed by atoms with Gasteiger partial charge in [-0.25, -0.2) is 4.98 Å². The second kappa shape index (κ2) is 8.72. The number of aromatic amines is 1. The van der Waals surface area contributed by atoms with Crippen molar-refractivity contribution >= 4 is 17.3 Å². The average Bonchev–Trinajstić information content (AvgIpc) is 3.53. The first-order chi connectivity index (χ1) is 16.5. The smallest absolute Gasteiger partial charge is 0.387 e. The van der Waals surface area contributed by atoms with E-state index in [1.54, 1.807) is 24.5 Å². The van der Waals surface area contributed by atoms with Crippen molar-refractivity contribution in [2.24, 2.45) is 0 Å². The molecule has 4 aromatic rings. The monoisotopic (exact) mass is 461 g/mol. The molecule has 0 saturated carbocycles. The van der Waals surface area contributed by atoms with Gasteiger partial charge in [-0.05, 0) is 44.8 Å². The van der Waals surface area contributed by atoms with Crippen LogP contribution in [0.3, 0.4) is 0 Å². The molecule has 3 heterocycles. The van der Waals surface area contributed by atoms with Crippen LogP contribution < -0.4 is 4.74 Å². The van der Waals surface area contributed by atoms with Crippen LogP contribution in [0.5, 0.6) is 5.75 Å². The van der Waals surface area contributed by atoms with Crippen molar-refractivity contribution in [1.82, 2.24) is 24.6 Å². The highest BCUT2D eigenvalue weighted by molar-refractivity contribution is 5.82. The Bertz CT molecular complexity index is 1420. The minimum atomic E-state index is -3.00. The molecule has 172 valence electrons. The molecule has 5 rings (SSSR count). The third-order valence-corrected chi connectivity index (χ3v) is 6.02. The normalized spacial score (nSPS) is 17.1. The molecule has 34 heavy (non-hydrogen) atoms. The molecule has 2 aromatic carbocycles. The van der Waals surface area contributed by atoms with Gasteiger partial charge in [-0.15, -0.1) is 0 Å². The van der Waals surface area contributed by atoms with E-state index < -0.39 is 12.7 Å². The van der Waals surface area contributed by atoms with Gasteiger partial charge in [-0.1, -0.05) is 24.0 Å². The zero-order valence-corrected chi connectivity index (χ0v) is 18.5. The first kappa shape index (κ1) is 21.8. The molecule has 0 bridgehead atoms. The molecule has 2 atom stereocenters. The van der Waals surface area contributed by atoms with Crippen molar-refractivity contribution in [3.8, 4) is 17.6 Å². The summed E-state index contributed by atoms with van der Waals surface area (Å²) < 4.78 is 33.3. The summed E-state index contributed by atoms with van der Waals surface area (Å²) in [5, 5.41) is 6.63. The largest absolute Gasteiger partial charge is 0.434 e. The molecule has 1 aliphatic heterocycles. The van der Waals surface area contributed by atoms with Gasteiger partial charge < -0.3 is 9.30 Å². The van der Waals surface area contributed by atoms with E-state index in [0.29, 0.717) is 23.8 Å². The number of aromatic nitrogens is 4. The summed E-state index contributed by atoms with van der Waals surface area (Å²) in [7, 11) is 3.89. The molecule has 0 spiro atoms. The Balaban J connectivity index is 1.69. The summed E-state index contributed by atoms with van der Waals surface area (Å²) in [5.41, 5.74) is 3.85. The second-order valence-corrected chi connectivity index (χ2v) is 8.27. The third-order valence-electron chi connectivity index (χ3n) is 6.02. The number of hydrogen-bond donors (Lipinski definition) is 1. The number of halogens is 2. The van der Waals surface area contributed by atoms with Crippen LogP contribution in [0.4, 0.5) is 8.78 Å². The van der Waals surface area contributed by atoms with Crippen LogP contribution >= 0.6 is 0 Å². The van der Waals surface area contributed by atoms with Gasteiger partial charge in [0, 0.05) is 22.9 Å². The lowest BCUT2D eigenvalue weighted by Crippen LogP contribution is -2.18. The molecular formula is C25H21F2N5O2. The minimum Gasteiger partial charge on any atom is -0.434 e. The number of nitrogens with zero attached hydrogens (tertiary/aromatic N) is 4. The van der Waals surface area contributed by atoms with Crippen molar-refractivity contribution in [2.75, 3.05) is 14.1 Å². The van der Waals surface area contributed by atoms with E-state index in [1.165, 1.54) is 6.07 Å². The van der Waals surface area contributed by atoms with Gasteiger partial charge in [0.05, 0.1) is 34.9 Å². The van der Waals surface area contributed by atoms with Crippen LogP contribution in [0.1, 0.15) is 51.4 Å². The van der Waals surface area contributed by atoms with Gasteiger partial charge >= 0.3 is 6.61 Å². The maximum absolute atomic E-state index is 13.2. The fourth-order valence-electron chi connectivity index (χ4n) is 4.55. The summed E-state index contributed by atoms with van der Waals surface area (Å²) in [4.78, 5) is 18.8. The fraction of sp³-hybridized carbons (Fsp3) is 0.240. The minimum absolute atomic E-state index is 0.00675. The van der Waals surface area contributed by atoms with E-state index in [2.05, 4.69) is 22.0 Å². The highest BCUT2D eigenvalue weighted by atomic mass is 19.3. The Hall–Kier alpha value is -4.03. The maximum atomic E-state index is 13.2. The molecule has 1 N–H and O–H groups in total. The molecule has 1 unspecified atom stereocenters. The summed E-state index contributed by atoms with van der Waals surface area (Å²) in [6.45, 7) is -3.00. The van der Waals surface area contributed by atoms with E-state index in [0.717, 1.165) is 28.0 Å². The summed E-state index contributed by atoms with van der Waals surface area (Å²) in [6, 6.07) is 9.86. The summed E-state index contributed by atoms with van der Waals surface area (Å²) in [5.74, 6) is 6.97. The van der Waals surface area contributed by atoms with Crippen molar-refractivity contribution in [1.29, 1.82) is 0 Å². The number of alkyl halides is 2. The number of rotatable bonds is 5. The highest BCUT2D eigenvalue weighted by Crippen LogP contribution is 2.46. The number of ether oxygens (including phenoxy) is 1. The van der Waals surface area contributed by atoms with Crippen molar-refractivity contribution in [2.45, 2.75) is 25.1 Å². The molecular weight excluding hydrogens is 440 g/mol. The van der Waals surface area contributed by atoms with E-state index in [1.807, 2.05) is 41.8 Å². The molecule has 0 saturated heterocycles. The van der Waals surface area contributed by atoms with Crippen LogP contribution in [-0.2, 0) is 0 Å². The topological polar surface area (TPSA) is 76.0 Å². The molecule has 0 aliphatic carbocycles. The van der Waals surface area contributed by atoms with Crippen LogP contribution in [0.2, 0.25) is 0 Å². The lowest BCUT2D eigenvalue weighted by atomic mass is 9.96. The van der Waals surface area contributed by atoms with Crippen LogP contribution in [-0.4, -0.2) is 51.6 Å². The predicted molar refractivity (Wildman–Crippen MR) is 122 cm³/mol. The van der Waals surface area contributed by atoms with Gasteiger partial charge in [-0.2, -0.15) is 13.9 Å². The zero-order valence-electron chi connectivity index (χ0n) is 18.5. The summed E-state index contributed by atoms with van der Waals surface area (Å²) >= 11 is 0. The molecule has 0 amide bonds. The van der Waals surface area contributed by atoms with Gasteiger partial charge in [0.2, 0.25) is 0 Å². The van der Waals surface area contributed by atoms with Crippen molar-refractivity contribution < 1.29 is 18.3 Å². The maximum Gasteiger partial charge on any atom is 0.387 e. The highest BCUT2D eigenvalue weighted by Gasteiger charge is 2.38.